The number of rotatable bonds is 13. The summed E-state index contributed by atoms with van der Waals surface area (Å²) >= 11 is 0. The van der Waals surface area contributed by atoms with E-state index in [4.69, 9.17) is 19.6 Å². The number of aryl methyl sites for hydroxylation is 2. The molecule has 2 rings (SSSR count). The summed E-state index contributed by atoms with van der Waals surface area (Å²) in [6.07, 6.45) is 6.05. The van der Waals surface area contributed by atoms with Crippen LogP contribution in [0.5, 0.6) is 0 Å². The first-order valence-electron chi connectivity index (χ1n) is 10.7. The fourth-order valence-electron chi connectivity index (χ4n) is 2.74. The Morgan fingerprint density at radius 2 is 1.06 bits per heavy atom. The van der Waals surface area contributed by atoms with Crippen molar-refractivity contribution >= 4 is 11.9 Å². The maximum Gasteiger partial charge on any atom is 0.373 e. The van der Waals surface area contributed by atoms with Gasteiger partial charge >= 0.3 is 18.2 Å². The van der Waals surface area contributed by atoms with Crippen LogP contribution < -0.4 is 0 Å². The standard InChI is InChI=1S/C25H30O6/c1-4-7-9-19-11-15-21(16-12-19)24(26)30-28-23(6-3)29-31-25(27)22-17-13-20(14-18-22)10-8-5-2/h11-18H,3-10H2,1-2H3. The zero-order valence-electron chi connectivity index (χ0n) is 18.2. The molecule has 31 heavy (non-hydrogen) atoms. The molecule has 0 fully saturated rings. The molecule has 0 aliphatic rings. The molecule has 0 amide bonds. The van der Waals surface area contributed by atoms with E-state index < -0.39 is 11.9 Å². The van der Waals surface area contributed by atoms with Crippen LogP contribution in [0.4, 0.5) is 0 Å². The average molecular weight is 427 g/mol. The van der Waals surface area contributed by atoms with Gasteiger partial charge in [0.15, 0.2) is 0 Å². The predicted molar refractivity (Wildman–Crippen MR) is 116 cm³/mol. The highest BCUT2D eigenvalue weighted by Gasteiger charge is 2.20. The van der Waals surface area contributed by atoms with Crippen LogP contribution in [0.25, 0.3) is 0 Å². The second kappa shape index (κ2) is 13.6. The van der Waals surface area contributed by atoms with Crippen molar-refractivity contribution in [3.8, 4) is 0 Å². The van der Waals surface area contributed by atoms with Gasteiger partial charge in [0.25, 0.3) is 0 Å². The van der Waals surface area contributed by atoms with E-state index in [9.17, 15) is 9.59 Å². The molecule has 0 saturated heterocycles. The van der Waals surface area contributed by atoms with Gasteiger partial charge in [-0.25, -0.2) is 9.59 Å². The van der Waals surface area contributed by atoms with Crippen LogP contribution in [-0.4, -0.2) is 11.9 Å². The highest BCUT2D eigenvalue weighted by atomic mass is 17.3. The Labute approximate surface area is 184 Å². The minimum absolute atomic E-state index is 0.0214. The number of unbranched alkanes of at least 4 members (excludes halogenated alkanes) is 2. The highest BCUT2D eigenvalue weighted by Crippen LogP contribution is 2.16. The van der Waals surface area contributed by atoms with Crippen LogP contribution >= 0.6 is 0 Å². The van der Waals surface area contributed by atoms with Gasteiger partial charge in [0, 0.05) is 6.42 Å². The Bertz CT molecular complexity index is 730. The zero-order chi connectivity index (χ0) is 22.5. The molecule has 166 valence electrons. The molecule has 0 N–H and O–H groups in total. The molecular formula is C25H30O6. The third-order valence-corrected chi connectivity index (χ3v) is 4.64. The summed E-state index contributed by atoms with van der Waals surface area (Å²) in [5, 5.41) is 0. The van der Waals surface area contributed by atoms with E-state index in [1.807, 2.05) is 24.3 Å². The first-order valence-corrected chi connectivity index (χ1v) is 10.7. The van der Waals surface area contributed by atoms with Crippen LogP contribution in [-0.2, 0) is 32.4 Å². The molecule has 0 unspecified atom stereocenters. The lowest BCUT2D eigenvalue weighted by atomic mass is 10.1. The maximum absolute atomic E-state index is 12.1. The van der Waals surface area contributed by atoms with Gasteiger partial charge in [0.1, 0.15) is 0 Å². The third-order valence-electron chi connectivity index (χ3n) is 4.64. The molecule has 2 aromatic carbocycles. The van der Waals surface area contributed by atoms with Crippen molar-refractivity contribution in [2.75, 3.05) is 0 Å². The zero-order valence-corrected chi connectivity index (χ0v) is 18.2. The molecule has 0 aliphatic heterocycles. The summed E-state index contributed by atoms with van der Waals surface area (Å²) in [5.74, 6) is -1.38. The first kappa shape index (κ1) is 24.6. The molecule has 0 atom stereocenters. The summed E-state index contributed by atoms with van der Waals surface area (Å²) in [6, 6.07) is 14.2. The molecule has 2 aromatic rings. The highest BCUT2D eigenvalue weighted by molar-refractivity contribution is 5.89. The van der Waals surface area contributed by atoms with Crippen LogP contribution in [0.15, 0.2) is 48.5 Å². The van der Waals surface area contributed by atoms with E-state index in [1.54, 1.807) is 24.3 Å². The van der Waals surface area contributed by atoms with Crippen LogP contribution in [0.2, 0.25) is 0 Å². The van der Waals surface area contributed by atoms with Crippen molar-refractivity contribution in [2.45, 2.75) is 58.8 Å². The van der Waals surface area contributed by atoms with Crippen LogP contribution in [0, 0.1) is 13.2 Å². The van der Waals surface area contributed by atoms with Crippen molar-refractivity contribution in [3.63, 3.8) is 0 Å². The fraction of sp³-hybridized carbons (Fsp3) is 0.360. The smallest absolute Gasteiger partial charge is 0.289 e. The number of hydrogen-bond acceptors (Lipinski definition) is 6. The number of carbonyl (C=O) groups is 2. The van der Waals surface area contributed by atoms with Crippen molar-refractivity contribution in [2.24, 2.45) is 0 Å². The lowest BCUT2D eigenvalue weighted by Crippen LogP contribution is -2.15. The minimum atomic E-state index is -0.689. The SMILES string of the molecule is [CH2]C[C](OOC(=O)c1ccc(CCCC)cc1)OOC(=O)c1ccc(CCCC)cc1. The Morgan fingerprint density at radius 1 is 0.677 bits per heavy atom. The third kappa shape index (κ3) is 8.52. The van der Waals surface area contributed by atoms with Gasteiger partial charge < -0.3 is 0 Å². The van der Waals surface area contributed by atoms with Gasteiger partial charge in [-0.2, -0.15) is 0 Å². The van der Waals surface area contributed by atoms with E-state index in [1.165, 1.54) is 0 Å². The van der Waals surface area contributed by atoms with E-state index in [2.05, 4.69) is 20.8 Å². The lowest BCUT2D eigenvalue weighted by Gasteiger charge is -2.12. The number of hydrogen-bond donors (Lipinski definition) is 0. The lowest BCUT2D eigenvalue weighted by molar-refractivity contribution is -0.362. The fourth-order valence-corrected chi connectivity index (χ4v) is 2.74. The Kier molecular flexibility index (Phi) is 10.8. The molecule has 0 spiro atoms. The van der Waals surface area contributed by atoms with Crippen molar-refractivity contribution in [1.29, 1.82) is 0 Å². The van der Waals surface area contributed by atoms with E-state index in [0.29, 0.717) is 11.1 Å². The van der Waals surface area contributed by atoms with E-state index in [0.717, 1.165) is 49.7 Å². The molecule has 6 heteroatoms. The van der Waals surface area contributed by atoms with Crippen molar-refractivity contribution in [1.82, 2.24) is 0 Å². The molecule has 0 aliphatic carbocycles. The molecule has 0 aromatic heterocycles. The summed E-state index contributed by atoms with van der Waals surface area (Å²) in [7, 11) is 0. The number of benzene rings is 2. The second-order valence-corrected chi connectivity index (χ2v) is 7.13. The van der Waals surface area contributed by atoms with E-state index >= 15 is 0 Å². The summed E-state index contributed by atoms with van der Waals surface area (Å²) < 4.78 is 0. The molecule has 0 heterocycles. The molecule has 0 bridgehead atoms. The molecule has 0 saturated carbocycles. The molecular weight excluding hydrogens is 396 g/mol. The van der Waals surface area contributed by atoms with Crippen LogP contribution in [0.3, 0.4) is 0 Å². The molecule has 2 radical (unpaired) electrons. The van der Waals surface area contributed by atoms with E-state index in [-0.39, 0.29) is 12.7 Å². The Morgan fingerprint density at radius 3 is 1.39 bits per heavy atom. The topological polar surface area (TPSA) is 71.1 Å². The second-order valence-electron chi connectivity index (χ2n) is 7.13. The first-order chi connectivity index (χ1) is 15.1. The van der Waals surface area contributed by atoms with Gasteiger partial charge in [-0.05, 0) is 68.0 Å². The summed E-state index contributed by atoms with van der Waals surface area (Å²) in [6.45, 7) is 7.85. The van der Waals surface area contributed by atoms with Gasteiger partial charge in [-0.15, -0.1) is 9.78 Å². The monoisotopic (exact) mass is 426 g/mol. The average Bonchev–Trinajstić information content (AvgIpc) is 2.81. The van der Waals surface area contributed by atoms with Gasteiger partial charge in [0.05, 0.1) is 11.1 Å². The van der Waals surface area contributed by atoms with Crippen molar-refractivity contribution in [3.05, 3.63) is 84.0 Å². The normalized spacial score (nSPS) is 10.8. The largest absolute Gasteiger partial charge is 0.373 e. The quantitative estimate of drug-likeness (QED) is 0.291. The van der Waals surface area contributed by atoms with Crippen molar-refractivity contribution < 1.29 is 29.1 Å². The van der Waals surface area contributed by atoms with Gasteiger partial charge in [-0.1, -0.05) is 51.0 Å². The van der Waals surface area contributed by atoms with Gasteiger partial charge in [-0.3, -0.25) is 9.78 Å². The Balaban J connectivity index is 1.78. The molecule has 6 nitrogen and oxygen atoms in total. The maximum atomic E-state index is 12.1. The Hall–Kier alpha value is -2.70. The summed E-state index contributed by atoms with van der Waals surface area (Å²) in [5.41, 5.74) is 2.98. The predicted octanol–water partition coefficient (Wildman–Crippen LogP) is 5.96. The van der Waals surface area contributed by atoms with Crippen LogP contribution in [0.1, 0.15) is 77.8 Å². The summed E-state index contributed by atoms with van der Waals surface area (Å²) in [4.78, 5) is 43.5. The van der Waals surface area contributed by atoms with Gasteiger partial charge in [0.2, 0.25) is 0 Å². The minimum Gasteiger partial charge on any atom is -0.289 e. The number of carbonyl (C=O) groups excluding carboxylic acids is 2.